The fourth-order valence-corrected chi connectivity index (χ4v) is 3.86. The Labute approximate surface area is 197 Å². The summed E-state index contributed by atoms with van der Waals surface area (Å²) in [6, 6.07) is 19.9. The molecule has 0 radical (unpaired) electrons. The zero-order valence-corrected chi connectivity index (χ0v) is 19.0. The molecule has 2 N–H and O–H groups in total. The average Bonchev–Trinajstić information content (AvgIpc) is 3.36. The summed E-state index contributed by atoms with van der Waals surface area (Å²) in [6.45, 7) is 3.07. The number of nitrogens with one attached hydrogen (secondary N) is 2. The molecule has 3 amide bonds. The van der Waals surface area contributed by atoms with E-state index < -0.39 is 5.91 Å². The van der Waals surface area contributed by atoms with Gasteiger partial charge in [-0.15, -0.1) is 0 Å². The first-order valence-corrected chi connectivity index (χ1v) is 11.2. The number of para-hydroxylation sites is 1. The summed E-state index contributed by atoms with van der Waals surface area (Å²) < 4.78 is 11.1. The van der Waals surface area contributed by atoms with Gasteiger partial charge < -0.3 is 14.1 Å². The summed E-state index contributed by atoms with van der Waals surface area (Å²) in [6.07, 6.45) is 1.06. The summed E-state index contributed by atoms with van der Waals surface area (Å²) in [5.41, 5.74) is 6.48. The Morgan fingerprint density at radius 3 is 2.38 bits per heavy atom. The molecular weight excluding hydrogens is 434 g/mol. The number of furan rings is 1. The van der Waals surface area contributed by atoms with Crippen LogP contribution >= 0.6 is 0 Å². The molecule has 0 bridgehead atoms. The topological polar surface area (TPSA) is 101 Å². The Hall–Kier alpha value is -4.07. The minimum Gasteiger partial charge on any atom is -0.486 e. The van der Waals surface area contributed by atoms with Crippen LogP contribution in [-0.4, -0.2) is 35.7 Å². The monoisotopic (exact) mass is 461 g/mol. The Morgan fingerprint density at radius 2 is 1.65 bits per heavy atom. The Balaban J connectivity index is 1.21. The lowest BCUT2D eigenvalue weighted by Gasteiger charge is -2.31. The van der Waals surface area contributed by atoms with Crippen molar-refractivity contribution in [1.29, 1.82) is 0 Å². The quantitative estimate of drug-likeness (QED) is 0.548. The van der Waals surface area contributed by atoms with Gasteiger partial charge in [0, 0.05) is 24.6 Å². The molecule has 0 atom stereocenters. The molecule has 1 aromatic heterocycles. The van der Waals surface area contributed by atoms with Gasteiger partial charge >= 0.3 is 5.91 Å². The minimum absolute atomic E-state index is 0.0184. The number of amides is 3. The number of nitrogens with zero attached hydrogens (tertiary/aromatic N) is 1. The number of ether oxygens (including phenoxy) is 1. The predicted molar refractivity (Wildman–Crippen MR) is 125 cm³/mol. The highest BCUT2D eigenvalue weighted by atomic mass is 16.5. The highest BCUT2D eigenvalue weighted by Crippen LogP contribution is 2.20. The Kier molecular flexibility index (Phi) is 7.27. The smallest absolute Gasteiger partial charge is 0.305 e. The first-order valence-electron chi connectivity index (χ1n) is 11.2. The van der Waals surface area contributed by atoms with Crippen LogP contribution in [-0.2, 0) is 11.4 Å². The van der Waals surface area contributed by atoms with Gasteiger partial charge in [0.15, 0.2) is 5.76 Å². The number of aryl methyl sites for hydroxylation is 1. The lowest BCUT2D eigenvalue weighted by molar-refractivity contribution is -0.127. The van der Waals surface area contributed by atoms with Crippen molar-refractivity contribution in [3.8, 4) is 5.75 Å². The second-order valence-electron chi connectivity index (χ2n) is 8.19. The van der Waals surface area contributed by atoms with E-state index in [1.165, 1.54) is 6.07 Å². The second-order valence-corrected chi connectivity index (χ2v) is 8.19. The van der Waals surface area contributed by atoms with Crippen LogP contribution in [0.2, 0.25) is 0 Å². The molecule has 4 rings (SSSR count). The van der Waals surface area contributed by atoms with Crippen molar-refractivity contribution in [1.82, 2.24) is 15.8 Å². The minimum atomic E-state index is -0.550. The van der Waals surface area contributed by atoms with Crippen molar-refractivity contribution < 1.29 is 23.5 Å². The van der Waals surface area contributed by atoms with Crippen LogP contribution in [0, 0.1) is 12.8 Å². The Bertz CT molecular complexity index is 1150. The normalized spacial score (nSPS) is 13.9. The molecule has 8 nitrogen and oxygen atoms in total. The average molecular weight is 462 g/mol. The van der Waals surface area contributed by atoms with Crippen LogP contribution in [0.25, 0.3) is 0 Å². The van der Waals surface area contributed by atoms with Gasteiger partial charge in [0.2, 0.25) is 5.91 Å². The van der Waals surface area contributed by atoms with Crippen LogP contribution in [0.15, 0.2) is 71.1 Å². The number of hydrazine groups is 1. The third-order valence-corrected chi connectivity index (χ3v) is 5.84. The molecule has 1 aliphatic rings. The van der Waals surface area contributed by atoms with Gasteiger partial charge in [0.1, 0.15) is 18.1 Å². The molecule has 3 aromatic rings. The highest BCUT2D eigenvalue weighted by Gasteiger charge is 2.28. The van der Waals surface area contributed by atoms with Gasteiger partial charge in [-0.05, 0) is 55.7 Å². The largest absolute Gasteiger partial charge is 0.486 e. The number of piperidine rings is 1. The van der Waals surface area contributed by atoms with Crippen molar-refractivity contribution in [2.45, 2.75) is 26.4 Å². The predicted octanol–water partition coefficient (Wildman–Crippen LogP) is 3.48. The maximum atomic E-state index is 12.7. The summed E-state index contributed by atoms with van der Waals surface area (Å²) in [5, 5.41) is 0. The number of hydrogen-bond donors (Lipinski definition) is 2. The highest BCUT2D eigenvalue weighted by molar-refractivity contribution is 5.96. The van der Waals surface area contributed by atoms with E-state index in [0.29, 0.717) is 43.0 Å². The SMILES string of the molecule is Cc1ccccc1C(=O)N1CCC(C(=O)NNC(=O)c2ccc(COc3ccccc3)o2)CC1. The van der Waals surface area contributed by atoms with E-state index in [0.717, 1.165) is 5.56 Å². The van der Waals surface area contributed by atoms with Gasteiger partial charge in [0.25, 0.3) is 5.91 Å². The van der Waals surface area contributed by atoms with Gasteiger partial charge in [0.05, 0.1) is 0 Å². The number of rotatable bonds is 6. The number of benzene rings is 2. The van der Waals surface area contributed by atoms with E-state index in [1.54, 1.807) is 11.0 Å². The maximum Gasteiger partial charge on any atom is 0.305 e. The molecule has 1 aliphatic heterocycles. The molecule has 1 fully saturated rings. The zero-order valence-electron chi connectivity index (χ0n) is 19.0. The van der Waals surface area contributed by atoms with Gasteiger partial charge in [-0.25, -0.2) is 0 Å². The molecule has 0 spiro atoms. The summed E-state index contributed by atoms with van der Waals surface area (Å²) >= 11 is 0. The fraction of sp³-hybridized carbons (Fsp3) is 0.269. The van der Waals surface area contributed by atoms with Crippen LogP contribution in [0.3, 0.4) is 0 Å². The summed E-state index contributed by atoms with van der Waals surface area (Å²) in [7, 11) is 0. The van der Waals surface area contributed by atoms with E-state index in [9.17, 15) is 14.4 Å². The molecular formula is C26H27N3O5. The van der Waals surface area contributed by atoms with E-state index in [2.05, 4.69) is 10.9 Å². The number of carbonyl (C=O) groups is 3. The lowest BCUT2D eigenvalue weighted by atomic mass is 9.95. The van der Waals surface area contributed by atoms with E-state index in [-0.39, 0.29) is 30.1 Å². The van der Waals surface area contributed by atoms with E-state index in [1.807, 2.05) is 61.5 Å². The number of hydrogen-bond acceptors (Lipinski definition) is 5. The number of carbonyl (C=O) groups excluding carboxylic acids is 3. The van der Waals surface area contributed by atoms with E-state index in [4.69, 9.17) is 9.15 Å². The van der Waals surface area contributed by atoms with Crippen molar-refractivity contribution in [2.75, 3.05) is 13.1 Å². The van der Waals surface area contributed by atoms with Crippen LogP contribution in [0.4, 0.5) is 0 Å². The van der Waals surface area contributed by atoms with Gasteiger partial charge in [-0.3, -0.25) is 25.2 Å². The van der Waals surface area contributed by atoms with Gasteiger partial charge in [-0.2, -0.15) is 0 Å². The molecule has 0 saturated carbocycles. The molecule has 2 heterocycles. The van der Waals surface area contributed by atoms with Crippen molar-refractivity contribution in [3.05, 3.63) is 89.4 Å². The number of likely N-dealkylation sites (tertiary alicyclic amines) is 1. The van der Waals surface area contributed by atoms with E-state index >= 15 is 0 Å². The first-order chi connectivity index (χ1) is 16.5. The first kappa shape index (κ1) is 23.1. The second kappa shape index (κ2) is 10.7. The van der Waals surface area contributed by atoms with Crippen molar-refractivity contribution >= 4 is 17.7 Å². The Morgan fingerprint density at radius 1 is 0.941 bits per heavy atom. The molecule has 0 aliphatic carbocycles. The molecule has 1 saturated heterocycles. The molecule has 2 aromatic carbocycles. The van der Waals surface area contributed by atoms with Crippen LogP contribution in [0.5, 0.6) is 5.75 Å². The molecule has 0 unspecified atom stereocenters. The van der Waals surface area contributed by atoms with Crippen LogP contribution in [0.1, 0.15) is 45.1 Å². The van der Waals surface area contributed by atoms with Crippen molar-refractivity contribution in [3.63, 3.8) is 0 Å². The third kappa shape index (κ3) is 5.64. The maximum absolute atomic E-state index is 12.7. The summed E-state index contributed by atoms with van der Waals surface area (Å²) in [5.74, 6) is 0.130. The molecule has 176 valence electrons. The lowest BCUT2D eigenvalue weighted by Crippen LogP contribution is -2.48. The van der Waals surface area contributed by atoms with Crippen LogP contribution < -0.4 is 15.6 Å². The standard InChI is InChI=1S/C26H27N3O5/c1-18-7-5-6-10-22(18)26(32)29-15-13-19(14-16-29)24(30)27-28-25(31)23-12-11-21(34-23)17-33-20-8-3-2-4-9-20/h2-12,19H,13-17H2,1H3,(H,27,30)(H,28,31). The fourth-order valence-electron chi connectivity index (χ4n) is 3.86. The third-order valence-electron chi connectivity index (χ3n) is 5.84. The molecule has 34 heavy (non-hydrogen) atoms. The summed E-state index contributed by atoms with van der Waals surface area (Å²) in [4.78, 5) is 39.4. The van der Waals surface area contributed by atoms with Crippen molar-refractivity contribution in [2.24, 2.45) is 5.92 Å². The van der Waals surface area contributed by atoms with Gasteiger partial charge in [-0.1, -0.05) is 36.4 Å². The zero-order chi connectivity index (χ0) is 23.9. The molecule has 8 heteroatoms.